The van der Waals surface area contributed by atoms with Gasteiger partial charge in [0.25, 0.3) is 0 Å². The number of ether oxygens (including phenoxy) is 1. The fourth-order valence-corrected chi connectivity index (χ4v) is 1.88. The largest absolute Gasteiger partial charge is 0.573 e. The van der Waals surface area contributed by atoms with E-state index >= 15 is 0 Å². The Morgan fingerprint density at radius 3 is 2.10 bits per heavy atom. The number of benzene rings is 2. The van der Waals surface area contributed by atoms with Gasteiger partial charge in [-0.25, -0.2) is 8.78 Å². The zero-order chi connectivity index (χ0) is 15.6. The maximum atomic E-state index is 13.6. The molecule has 0 aromatic heterocycles. The Morgan fingerprint density at radius 1 is 0.952 bits per heavy atom. The minimum Gasteiger partial charge on any atom is -0.406 e. The van der Waals surface area contributed by atoms with Crippen LogP contribution in [0.4, 0.5) is 22.0 Å². The number of rotatable bonds is 3. The molecule has 2 rings (SSSR count). The minimum absolute atomic E-state index is 0.0979. The van der Waals surface area contributed by atoms with Gasteiger partial charge in [-0.3, -0.25) is 0 Å². The Balaban J connectivity index is 2.36. The lowest BCUT2D eigenvalue weighted by Gasteiger charge is -2.16. The van der Waals surface area contributed by atoms with Crippen LogP contribution >= 0.6 is 0 Å². The lowest BCUT2D eigenvalue weighted by atomic mass is 9.98. The quantitative estimate of drug-likeness (QED) is 0.873. The minimum atomic E-state index is -4.86. The van der Waals surface area contributed by atoms with Crippen LogP contribution in [0.25, 0.3) is 0 Å². The normalized spacial score (nSPS) is 13.0. The lowest BCUT2D eigenvalue weighted by molar-refractivity contribution is -0.274. The van der Waals surface area contributed by atoms with Crippen molar-refractivity contribution in [3.05, 3.63) is 65.2 Å². The third-order valence-corrected chi connectivity index (χ3v) is 2.76. The van der Waals surface area contributed by atoms with Crippen LogP contribution in [0.15, 0.2) is 42.5 Å². The highest BCUT2D eigenvalue weighted by atomic mass is 19.4. The fourth-order valence-electron chi connectivity index (χ4n) is 1.88. The summed E-state index contributed by atoms with van der Waals surface area (Å²) in [5.74, 6) is -2.25. The topological polar surface area (TPSA) is 35.2 Å². The molecule has 0 amide bonds. The molecule has 0 fully saturated rings. The molecular weight excluding hydrogens is 293 g/mol. The van der Waals surface area contributed by atoms with Crippen molar-refractivity contribution >= 4 is 0 Å². The van der Waals surface area contributed by atoms with Crippen molar-refractivity contribution in [1.82, 2.24) is 0 Å². The molecule has 2 N–H and O–H groups in total. The van der Waals surface area contributed by atoms with Crippen LogP contribution in [0.5, 0.6) is 5.75 Å². The first kappa shape index (κ1) is 15.2. The van der Waals surface area contributed by atoms with Gasteiger partial charge >= 0.3 is 6.36 Å². The molecule has 0 spiro atoms. The second-order valence-electron chi connectivity index (χ2n) is 4.23. The molecule has 21 heavy (non-hydrogen) atoms. The molecule has 0 radical (unpaired) electrons. The average Bonchev–Trinajstić information content (AvgIpc) is 2.36. The zero-order valence-corrected chi connectivity index (χ0v) is 10.5. The molecular formula is C14H10F5NO. The van der Waals surface area contributed by atoms with Crippen molar-refractivity contribution in [3.8, 4) is 5.75 Å². The van der Waals surface area contributed by atoms with Crippen LogP contribution in [0.2, 0.25) is 0 Å². The Labute approximate surface area is 116 Å². The van der Waals surface area contributed by atoms with Crippen molar-refractivity contribution in [1.29, 1.82) is 0 Å². The molecule has 0 aliphatic heterocycles. The molecule has 2 nitrogen and oxygen atoms in total. The first-order chi connectivity index (χ1) is 9.78. The summed E-state index contributed by atoms with van der Waals surface area (Å²) in [7, 11) is 0. The summed E-state index contributed by atoms with van der Waals surface area (Å²) in [6.07, 6.45) is -4.86. The van der Waals surface area contributed by atoms with Crippen LogP contribution in [0.1, 0.15) is 17.2 Å². The predicted molar refractivity (Wildman–Crippen MR) is 65.5 cm³/mol. The molecule has 2 aromatic carbocycles. The van der Waals surface area contributed by atoms with E-state index in [1.807, 2.05) is 0 Å². The predicted octanol–water partition coefficient (Wildman–Crippen LogP) is 3.91. The molecule has 0 aliphatic rings. The van der Waals surface area contributed by atoms with E-state index in [1.54, 1.807) is 0 Å². The summed E-state index contributed by atoms with van der Waals surface area (Å²) in [5.41, 5.74) is 5.42. The number of hydrogen-bond acceptors (Lipinski definition) is 2. The first-order valence-corrected chi connectivity index (χ1v) is 5.83. The SMILES string of the molecule is NC(c1cccc(OC(F)(F)F)c1)c1c(F)cccc1F. The monoisotopic (exact) mass is 303 g/mol. The maximum Gasteiger partial charge on any atom is 0.573 e. The molecule has 0 saturated heterocycles. The number of alkyl halides is 3. The average molecular weight is 303 g/mol. The van der Waals surface area contributed by atoms with Gasteiger partial charge in [0.05, 0.1) is 6.04 Å². The Bertz CT molecular complexity index is 621. The molecule has 2 aromatic rings. The van der Waals surface area contributed by atoms with Gasteiger partial charge in [0.2, 0.25) is 0 Å². The van der Waals surface area contributed by atoms with E-state index in [0.717, 1.165) is 24.3 Å². The first-order valence-electron chi connectivity index (χ1n) is 5.83. The maximum absolute atomic E-state index is 13.6. The van der Waals surface area contributed by atoms with E-state index in [2.05, 4.69) is 4.74 Å². The molecule has 1 unspecified atom stereocenters. The number of halogens is 5. The van der Waals surface area contributed by atoms with Crippen molar-refractivity contribution in [2.45, 2.75) is 12.4 Å². The van der Waals surface area contributed by atoms with Crippen LogP contribution < -0.4 is 10.5 Å². The van der Waals surface area contributed by atoms with Gasteiger partial charge in [0, 0.05) is 5.56 Å². The van der Waals surface area contributed by atoms with E-state index in [1.165, 1.54) is 18.2 Å². The van der Waals surface area contributed by atoms with Crippen LogP contribution in [-0.2, 0) is 0 Å². The molecule has 7 heteroatoms. The van der Waals surface area contributed by atoms with Gasteiger partial charge in [-0.15, -0.1) is 13.2 Å². The van der Waals surface area contributed by atoms with Crippen molar-refractivity contribution in [2.75, 3.05) is 0 Å². The summed E-state index contributed by atoms with van der Waals surface area (Å²) < 4.78 is 67.5. The molecule has 0 aliphatic carbocycles. The Kier molecular flexibility index (Phi) is 4.13. The molecule has 1 atom stereocenters. The van der Waals surface area contributed by atoms with Crippen LogP contribution in [0, 0.1) is 11.6 Å². The molecule has 0 bridgehead atoms. The second-order valence-corrected chi connectivity index (χ2v) is 4.23. The van der Waals surface area contributed by atoms with Crippen LogP contribution in [0.3, 0.4) is 0 Å². The Morgan fingerprint density at radius 2 is 1.52 bits per heavy atom. The zero-order valence-electron chi connectivity index (χ0n) is 10.5. The van der Waals surface area contributed by atoms with Crippen LogP contribution in [-0.4, -0.2) is 6.36 Å². The van der Waals surface area contributed by atoms with Gasteiger partial charge in [-0.05, 0) is 29.8 Å². The van der Waals surface area contributed by atoms with E-state index in [4.69, 9.17) is 5.73 Å². The molecule has 0 heterocycles. The highest BCUT2D eigenvalue weighted by molar-refractivity contribution is 5.37. The van der Waals surface area contributed by atoms with Crippen molar-refractivity contribution < 1.29 is 26.7 Å². The summed E-state index contributed by atoms with van der Waals surface area (Å²) in [6, 6.07) is 6.65. The summed E-state index contributed by atoms with van der Waals surface area (Å²) in [4.78, 5) is 0. The fraction of sp³-hybridized carbons (Fsp3) is 0.143. The third kappa shape index (κ3) is 3.69. The van der Waals surface area contributed by atoms with Gasteiger partial charge in [0.15, 0.2) is 0 Å². The van der Waals surface area contributed by atoms with E-state index in [9.17, 15) is 22.0 Å². The molecule has 0 saturated carbocycles. The van der Waals surface area contributed by atoms with E-state index in [0.29, 0.717) is 0 Å². The summed E-state index contributed by atoms with van der Waals surface area (Å²) in [5, 5.41) is 0. The Hall–Kier alpha value is -2.15. The summed E-state index contributed by atoms with van der Waals surface area (Å²) >= 11 is 0. The highest BCUT2D eigenvalue weighted by Gasteiger charge is 2.31. The third-order valence-electron chi connectivity index (χ3n) is 2.76. The van der Waals surface area contributed by atoms with Gasteiger partial charge in [-0.2, -0.15) is 0 Å². The van der Waals surface area contributed by atoms with Gasteiger partial charge < -0.3 is 10.5 Å². The van der Waals surface area contributed by atoms with E-state index in [-0.39, 0.29) is 5.56 Å². The van der Waals surface area contributed by atoms with E-state index < -0.39 is 35.4 Å². The lowest BCUT2D eigenvalue weighted by Crippen LogP contribution is -2.18. The van der Waals surface area contributed by atoms with Crippen molar-refractivity contribution in [3.63, 3.8) is 0 Å². The van der Waals surface area contributed by atoms with Gasteiger partial charge in [0.1, 0.15) is 17.4 Å². The van der Waals surface area contributed by atoms with Gasteiger partial charge in [-0.1, -0.05) is 18.2 Å². The number of hydrogen-bond donors (Lipinski definition) is 1. The second kappa shape index (κ2) is 5.69. The smallest absolute Gasteiger partial charge is 0.406 e. The highest BCUT2D eigenvalue weighted by Crippen LogP contribution is 2.29. The summed E-state index contributed by atoms with van der Waals surface area (Å²) in [6.45, 7) is 0. The standard InChI is InChI=1S/C14H10F5NO/c15-10-5-2-6-11(16)12(10)13(20)8-3-1-4-9(7-8)21-14(17,18)19/h1-7,13H,20H2. The molecule has 112 valence electrons. The van der Waals surface area contributed by atoms with Crippen molar-refractivity contribution in [2.24, 2.45) is 5.73 Å². The number of nitrogens with two attached hydrogens (primary N) is 1.